The van der Waals surface area contributed by atoms with Gasteiger partial charge in [0.1, 0.15) is 0 Å². The molecule has 0 aliphatic heterocycles. The average Bonchev–Trinajstić information content (AvgIpc) is 2.03. The van der Waals surface area contributed by atoms with Crippen molar-refractivity contribution < 1.29 is 14.7 Å². The smallest absolute Gasteiger partial charge is 0.307 e. The first kappa shape index (κ1) is 10.9. The lowest BCUT2D eigenvalue weighted by Crippen LogP contribution is -2.25. The van der Waals surface area contributed by atoms with Gasteiger partial charge in [-0.15, -0.1) is 0 Å². The number of nitrogens with one attached hydrogen (secondary N) is 1. The summed E-state index contributed by atoms with van der Waals surface area (Å²) in [5.41, 5.74) is 0. The minimum absolute atomic E-state index is 0.0830. The van der Waals surface area contributed by atoms with Crippen LogP contribution < -0.4 is 5.32 Å². The van der Waals surface area contributed by atoms with Crippen LogP contribution >= 0.6 is 0 Å². The number of aliphatic carboxylic acids is 1. The van der Waals surface area contributed by atoms with E-state index in [4.69, 9.17) is 5.11 Å². The third-order valence-corrected chi connectivity index (χ3v) is 1.70. The maximum Gasteiger partial charge on any atom is 0.307 e. The molecule has 0 bridgehead atoms. The fourth-order valence-electron chi connectivity index (χ4n) is 0.987. The predicted molar refractivity (Wildman–Crippen MR) is 44.7 cm³/mol. The van der Waals surface area contributed by atoms with Crippen LogP contribution in [0.1, 0.15) is 26.2 Å². The van der Waals surface area contributed by atoms with Crippen LogP contribution in [-0.4, -0.2) is 24.0 Å². The maximum absolute atomic E-state index is 10.8. The van der Waals surface area contributed by atoms with Crippen LogP contribution in [0.15, 0.2) is 0 Å². The summed E-state index contributed by atoms with van der Waals surface area (Å²) in [4.78, 5) is 21.4. The van der Waals surface area contributed by atoms with E-state index in [0.717, 1.165) is 6.42 Å². The number of carboxylic acid groups (broad SMARTS) is 1. The van der Waals surface area contributed by atoms with Gasteiger partial charge in [-0.3, -0.25) is 9.59 Å². The quantitative estimate of drug-likeness (QED) is 0.640. The number of carbonyl (C=O) groups excluding carboxylic acids is 1. The summed E-state index contributed by atoms with van der Waals surface area (Å²) >= 11 is 0. The zero-order chi connectivity index (χ0) is 9.56. The van der Waals surface area contributed by atoms with Crippen molar-refractivity contribution in [3.05, 3.63) is 0 Å². The van der Waals surface area contributed by atoms with Gasteiger partial charge >= 0.3 is 5.97 Å². The number of amides is 1. The molecule has 0 aliphatic rings. The Kier molecular flexibility index (Phi) is 5.08. The Labute approximate surface area is 72.0 Å². The van der Waals surface area contributed by atoms with Crippen molar-refractivity contribution in [3.63, 3.8) is 0 Å². The molecule has 1 unspecified atom stereocenters. The second-order valence-electron chi connectivity index (χ2n) is 2.70. The summed E-state index contributed by atoms with van der Waals surface area (Å²) in [6.45, 7) is 1.90. The molecule has 0 saturated carbocycles. The Hall–Kier alpha value is -1.06. The van der Waals surface area contributed by atoms with Crippen molar-refractivity contribution in [2.24, 2.45) is 5.92 Å². The lowest BCUT2D eigenvalue weighted by molar-refractivity contribution is -0.144. The Bertz CT molecular complexity index is 166. The molecule has 1 amide bonds. The van der Waals surface area contributed by atoms with E-state index in [1.54, 1.807) is 0 Å². The average molecular weight is 173 g/mol. The second kappa shape index (κ2) is 5.57. The van der Waals surface area contributed by atoms with Gasteiger partial charge in [-0.2, -0.15) is 0 Å². The molecular weight excluding hydrogens is 158 g/mol. The molecular formula is C8H15NO3. The topological polar surface area (TPSA) is 66.4 Å². The first-order valence-electron chi connectivity index (χ1n) is 4.05. The van der Waals surface area contributed by atoms with Crippen molar-refractivity contribution in [2.75, 3.05) is 7.05 Å². The predicted octanol–water partition coefficient (Wildman–Crippen LogP) is 0.623. The monoisotopic (exact) mass is 173 g/mol. The van der Waals surface area contributed by atoms with Gasteiger partial charge in [-0.25, -0.2) is 0 Å². The molecule has 1 atom stereocenters. The lowest BCUT2D eigenvalue weighted by atomic mass is 10.00. The molecule has 0 aromatic carbocycles. The van der Waals surface area contributed by atoms with Crippen LogP contribution in [-0.2, 0) is 9.59 Å². The van der Waals surface area contributed by atoms with Gasteiger partial charge in [0.15, 0.2) is 0 Å². The SMILES string of the molecule is CCCC(CC(=O)NC)C(=O)O. The first-order chi connectivity index (χ1) is 5.61. The van der Waals surface area contributed by atoms with Crippen LogP contribution in [0.2, 0.25) is 0 Å². The van der Waals surface area contributed by atoms with Crippen LogP contribution in [0.4, 0.5) is 0 Å². The Morgan fingerprint density at radius 1 is 1.50 bits per heavy atom. The molecule has 0 aromatic heterocycles. The molecule has 0 aromatic rings. The molecule has 2 N–H and O–H groups in total. The van der Waals surface area contributed by atoms with Gasteiger partial charge in [0.2, 0.25) is 5.91 Å². The largest absolute Gasteiger partial charge is 0.481 e. The molecule has 0 heterocycles. The fraction of sp³-hybridized carbons (Fsp3) is 0.750. The highest BCUT2D eigenvalue weighted by Crippen LogP contribution is 2.10. The Morgan fingerprint density at radius 2 is 2.08 bits per heavy atom. The van der Waals surface area contributed by atoms with Crippen molar-refractivity contribution in [2.45, 2.75) is 26.2 Å². The zero-order valence-corrected chi connectivity index (χ0v) is 7.46. The Balaban J connectivity index is 3.95. The van der Waals surface area contributed by atoms with Gasteiger partial charge < -0.3 is 10.4 Å². The van der Waals surface area contributed by atoms with Crippen LogP contribution in [0.25, 0.3) is 0 Å². The third kappa shape index (κ3) is 3.95. The van der Waals surface area contributed by atoms with E-state index in [9.17, 15) is 9.59 Å². The van der Waals surface area contributed by atoms with Crippen LogP contribution in [0.5, 0.6) is 0 Å². The van der Waals surface area contributed by atoms with Gasteiger partial charge in [0.05, 0.1) is 5.92 Å². The van der Waals surface area contributed by atoms with E-state index in [1.165, 1.54) is 7.05 Å². The summed E-state index contributed by atoms with van der Waals surface area (Å²) in [7, 11) is 1.51. The van der Waals surface area contributed by atoms with Crippen molar-refractivity contribution >= 4 is 11.9 Å². The molecule has 70 valence electrons. The van der Waals surface area contributed by atoms with Crippen molar-refractivity contribution in [1.82, 2.24) is 5.32 Å². The van der Waals surface area contributed by atoms with E-state index in [2.05, 4.69) is 5.32 Å². The normalized spacial score (nSPS) is 12.2. The molecule has 0 saturated heterocycles. The molecule has 12 heavy (non-hydrogen) atoms. The summed E-state index contributed by atoms with van der Waals surface area (Å²) in [6, 6.07) is 0. The minimum Gasteiger partial charge on any atom is -0.481 e. The van der Waals surface area contributed by atoms with E-state index in [-0.39, 0.29) is 12.3 Å². The number of hydrogen-bond donors (Lipinski definition) is 2. The fourth-order valence-corrected chi connectivity index (χ4v) is 0.987. The standard InChI is InChI=1S/C8H15NO3/c1-3-4-6(8(11)12)5-7(10)9-2/h6H,3-5H2,1-2H3,(H,9,10)(H,11,12). The summed E-state index contributed by atoms with van der Waals surface area (Å²) < 4.78 is 0. The second-order valence-corrected chi connectivity index (χ2v) is 2.70. The molecule has 0 rings (SSSR count). The number of hydrogen-bond acceptors (Lipinski definition) is 2. The summed E-state index contributed by atoms with van der Waals surface area (Å²) in [5.74, 6) is -1.63. The van der Waals surface area contributed by atoms with Crippen molar-refractivity contribution in [1.29, 1.82) is 0 Å². The van der Waals surface area contributed by atoms with Gasteiger partial charge in [-0.1, -0.05) is 13.3 Å². The third-order valence-electron chi connectivity index (χ3n) is 1.70. The zero-order valence-electron chi connectivity index (χ0n) is 7.46. The summed E-state index contributed by atoms with van der Waals surface area (Å²) in [5, 5.41) is 11.1. The number of carbonyl (C=O) groups is 2. The number of carboxylic acids is 1. The molecule has 0 aliphatic carbocycles. The van der Waals surface area contributed by atoms with E-state index < -0.39 is 11.9 Å². The summed E-state index contributed by atoms with van der Waals surface area (Å²) in [6.07, 6.45) is 1.43. The molecule has 4 nitrogen and oxygen atoms in total. The van der Waals surface area contributed by atoms with Crippen LogP contribution in [0.3, 0.4) is 0 Å². The molecule has 0 spiro atoms. The maximum atomic E-state index is 10.8. The first-order valence-corrected chi connectivity index (χ1v) is 4.05. The minimum atomic E-state index is -0.888. The van der Waals surface area contributed by atoms with E-state index in [0.29, 0.717) is 6.42 Å². The lowest BCUT2D eigenvalue weighted by Gasteiger charge is -2.08. The Morgan fingerprint density at radius 3 is 2.42 bits per heavy atom. The van der Waals surface area contributed by atoms with Gasteiger partial charge in [0.25, 0.3) is 0 Å². The van der Waals surface area contributed by atoms with Gasteiger partial charge in [-0.05, 0) is 6.42 Å². The molecule has 4 heteroatoms. The highest BCUT2D eigenvalue weighted by molar-refractivity contribution is 5.81. The van der Waals surface area contributed by atoms with Gasteiger partial charge in [0, 0.05) is 13.5 Å². The van der Waals surface area contributed by atoms with E-state index in [1.807, 2.05) is 6.92 Å². The van der Waals surface area contributed by atoms with Crippen molar-refractivity contribution in [3.8, 4) is 0 Å². The highest BCUT2D eigenvalue weighted by Gasteiger charge is 2.19. The highest BCUT2D eigenvalue weighted by atomic mass is 16.4. The molecule has 0 fully saturated rings. The number of rotatable bonds is 5. The van der Waals surface area contributed by atoms with Crippen LogP contribution in [0, 0.1) is 5.92 Å². The van der Waals surface area contributed by atoms with E-state index >= 15 is 0 Å². The molecule has 0 radical (unpaired) electrons.